The Morgan fingerprint density at radius 1 is 1.40 bits per heavy atom. The molecule has 2 N–H and O–H groups in total. The van der Waals surface area contributed by atoms with Crippen molar-refractivity contribution in [3.63, 3.8) is 0 Å². The number of hydrogen-bond donors (Lipinski definition) is 1. The second kappa shape index (κ2) is 6.67. The van der Waals surface area contributed by atoms with Gasteiger partial charge in [0, 0.05) is 12.3 Å². The predicted molar refractivity (Wildman–Crippen MR) is 66.0 cm³/mol. The van der Waals surface area contributed by atoms with E-state index in [1.165, 1.54) is 19.3 Å². The number of unbranched alkanes of at least 4 members (excludes halogenated alkanes) is 3. The van der Waals surface area contributed by atoms with Crippen molar-refractivity contribution in [2.24, 2.45) is 0 Å². The minimum absolute atomic E-state index is 0.488. The van der Waals surface area contributed by atoms with Gasteiger partial charge in [-0.1, -0.05) is 26.2 Å². The van der Waals surface area contributed by atoms with E-state index < -0.39 is 0 Å². The first-order valence-electron chi connectivity index (χ1n) is 5.28. The van der Waals surface area contributed by atoms with Gasteiger partial charge in [-0.15, -0.1) is 0 Å². The number of rotatable bonds is 6. The zero-order chi connectivity index (χ0) is 11.1. The molecule has 3 nitrogen and oxygen atoms in total. The van der Waals surface area contributed by atoms with Crippen LogP contribution in [0.15, 0.2) is 16.7 Å². The maximum absolute atomic E-state index is 5.60. The molecule has 1 rings (SSSR count). The fraction of sp³-hybridized carbons (Fsp3) is 0.545. The van der Waals surface area contributed by atoms with Crippen molar-refractivity contribution in [1.82, 2.24) is 4.98 Å². The molecule has 0 spiro atoms. The van der Waals surface area contributed by atoms with E-state index >= 15 is 0 Å². The summed E-state index contributed by atoms with van der Waals surface area (Å²) in [4.78, 5) is 3.95. The lowest BCUT2D eigenvalue weighted by atomic mass is 10.2. The molecule has 0 aliphatic carbocycles. The van der Waals surface area contributed by atoms with Gasteiger partial charge < -0.3 is 10.5 Å². The van der Waals surface area contributed by atoms with Crippen LogP contribution in [0.25, 0.3) is 0 Å². The van der Waals surface area contributed by atoms with Crippen LogP contribution < -0.4 is 10.5 Å². The molecule has 84 valence electrons. The van der Waals surface area contributed by atoms with E-state index in [9.17, 15) is 0 Å². The Bertz CT molecular complexity index is 305. The topological polar surface area (TPSA) is 48.1 Å². The molecule has 0 radical (unpaired) electrons. The van der Waals surface area contributed by atoms with E-state index in [4.69, 9.17) is 10.5 Å². The van der Waals surface area contributed by atoms with Gasteiger partial charge in [0.15, 0.2) is 0 Å². The highest BCUT2D eigenvalue weighted by atomic mass is 79.9. The van der Waals surface area contributed by atoms with Crippen LogP contribution in [-0.4, -0.2) is 11.6 Å². The number of aromatic nitrogens is 1. The first kappa shape index (κ1) is 12.3. The number of pyridine rings is 1. The zero-order valence-corrected chi connectivity index (χ0v) is 10.6. The molecular weight excluding hydrogens is 256 g/mol. The van der Waals surface area contributed by atoms with Crippen molar-refractivity contribution in [1.29, 1.82) is 0 Å². The summed E-state index contributed by atoms with van der Waals surface area (Å²) in [6.07, 6.45) is 6.48. The van der Waals surface area contributed by atoms with E-state index in [2.05, 4.69) is 27.8 Å². The van der Waals surface area contributed by atoms with E-state index in [1.807, 2.05) is 0 Å². The van der Waals surface area contributed by atoms with Crippen LogP contribution in [-0.2, 0) is 0 Å². The minimum atomic E-state index is 0.488. The number of halogens is 1. The lowest BCUT2D eigenvalue weighted by molar-refractivity contribution is 0.303. The molecule has 0 saturated heterocycles. The van der Waals surface area contributed by atoms with Gasteiger partial charge in [-0.3, -0.25) is 0 Å². The SMILES string of the molecule is CCCCCCOc1cc(N)ncc1Br. The second-order valence-electron chi connectivity index (χ2n) is 3.45. The number of nitrogens with two attached hydrogens (primary N) is 1. The van der Waals surface area contributed by atoms with Crippen molar-refractivity contribution in [2.45, 2.75) is 32.6 Å². The van der Waals surface area contributed by atoms with Gasteiger partial charge >= 0.3 is 0 Å². The Morgan fingerprint density at radius 2 is 2.20 bits per heavy atom. The average molecular weight is 273 g/mol. The molecule has 0 aromatic carbocycles. The zero-order valence-electron chi connectivity index (χ0n) is 9.00. The maximum atomic E-state index is 5.60. The van der Waals surface area contributed by atoms with Gasteiger partial charge in [0.25, 0.3) is 0 Å². The number of anilines is 1. The molecular formula is C11H17BrN2O. The van der Waals surface area contributed by atoms with Crippen LogP contribution in [0.3, 0.4) is 0 Å². The molecule has 0 aliphatic heterocycles. The minimum Gasteiger partial charge on any atom is -0.492 e. The molecule has 0 bridgehead atoms. The molecule has 0 unspecified atom stereocenters. The van der Waals surface area contributed by atoms with Crippen LogP contribution >= 0.6 is 15.9 Å². The Labute approximate surface area is 99.2 Å². The average Bonchev–Trinajstić information content (AvgIpc) is 2.23. The van der Waals surface area contributed by atoms with E-state index in [0.717, 1.165) is 23.2 Å². The Kier molecular flexibility index (Phi) is 5.47. The third-order valence-electron chi connectivity index (χ3n) is 2.10. The van der Waals surface area contributed by atoms with Crippen molar-refractivity contribution in [3.05, 3.63) is 16.7 Å². The summed E-state index contributed by atoms with van der Waals surface area (Å²) in [5.74, 6) is 1.26. The smallest absolute Gasteiger partial charge is 0.138 e. The Hall–Kier alpha value is -0.770. The molecule has 4 heteroatoms. The summed E-state index contributed by atoms with van der Waals surface area (Å²) < 4.78 is 6.45. The lowest BCUT2D eigenvalue weighted by Crippen LogP contribution is -1.99. The van der Waals surface area contributed by atoms with Gasteiger partial charge in [-0.25, -0.2) is 4.98 Å². The fourth-order valence-corrected chi connectivity index (χ4v) is 1.59. The predicted octanol–water partition coefficient (Wildman–Crippen LogP) is 3.39. The number of hydrogen-bond acceptors (Lipinski definition) is 3. The molecule has 1 heterocycles. The van der Waals surface area contributed by atoms with Crippen LogP contribution in [0.1, 0.15) is 32.6 Å². The third-order valence-corrected chi connectivity index (χ3v) is 2.69. The molecule has 0 atom stereocenters. The molecule has 1 aromatic heterocycles. The summed E-state index contributed by atoms with van der Waals surface area (Å²) >= 11 is 3.37. The van der Waals surface area contributed by atoms with Crippen LogP contribution in [0.5, 0.6) is 5.75 Å². The van der Waals surface area contributed by atoms with Crippen LogP contribution in [0.2, 0.25) is 0 Å². The summed E-state index contributed by atoms with van der Waals surface area (Å²) in [5.41, 5.74) is 5.57. The normalized spacial score (nSPS) is 10.3. The lowest BCUT2D eigenvalue weighted by Gasteiger charge is -2.07. The highest BCUT2D eigenvalue weighted by Crippen LogP contribution is 2.25. The number of nitrogens with zero attached hydrogens (tertiary/aromatic N) is 1. The van der Waals surface area contributed by atoms with Gasteiger partial charge in [-0.05, 0) is 22.4 Å². The molecule has 0 aliphatic rings. The molecule has 0 amide bonds. The first-order chi connectivity index (χ1) is 7.24. The summed E-state index contributed by atoms with van der Waals surface area (Å²) in [7, 11) is 0. The maximum Gasteiger partial charge on any atom is 0.138 e. The number of nitrogen functional groups attached to an aromatic ring is 1. The Balaban J connectivity index is 2.33. The van der Waals surface area contributed by atoms with Crippen molar-refractivity contribution < 1.29 is 4.74 Å². The largest absolute Gasteiger partial charge is 0.492 e. The molecule has 0 fully saturated rings. The fourth-order valence-electron chi connectivity index (χ4n) is 1.26. The molecule has 1 aromatic rings. The van der Waals surface area contributed by atoms with Crippen molar-refractivity contribution in [2.75, 3.05) is 12.3 Å². The third kappa shape index (κ3) is 4.51. The van der Waals surface area contributed by atoms with Crippen LogP contribution in [0, 0.1) is 0 Å². The van der Waals surface area contributed by atoms with Gasteiger partial charge in [0.2, 0.25) is 0 Å². The Morgan fingerprint density at radius 3 is 2.93 bits per heavy atom. The summed E-state index contributed by atoms with van der Waals surface area (Å²) in [5, 5.41) is 0. The summed E-state index contributed by atoms with van der Waals surface area (Å²) in [6.45, 7) is 2.93. The first-order valence-corrected chi connectivity index (χ1v) is 6.07. The van der Waals surface area contributed by atoms with Gasteiger partial charge in [0.1, 0.15) is 11.6 Å². The van der Waals surface area contributed by atoms with Gasteiger partial charge in [-0.2, -0.15) is 0 Å². The number of ether oxygens (including phenoxy) is 1. The standard InChI is InChI=1S/C11H17BrN2O/c1-2-3-4-5-6-15-10-7-11(13)14-8-9(10)12/h7-8H,2-6H2,1H3,(H2,13,14). The quantitative estimate of drug-likeness (QED) is 0.808. The van der Waals surface area contributed by atoms with E-state index in [0.29, 0.717) is 5.82 Å². The van der Waals surface area contributed by atoms with Crippen molar-refractivity contribution in [3.8, 4) is 5.75 Å². The summed E-state index contributed by atoms with van der Waals surface area (Å²) in [6, 6.07) is 1.74. The molecule has 0 saturated carbocycles. The van der Waals surface area contributed by atoms with Crippen LogP contribution in [0.4, 0.5) is 5.82 Å². The second-order valence-corrected chi connectivity index (χ2v) is 4.30. The monoisotopic (exact) mass is 272 g/mol. The van der Waals surface area contributed by atoms with E-state index in [-0.39, 0.29) is 0 Å². The van der Waals surface area contributed by atoms with E-state index in [1.54, 1.807) is 12.3 Å². The highest BCUT2D eigenvalue weighted by molar-refractivity contribution is 9.10. The van der Waals surface area contributed by atoms with Gasteiger partial charge in [0.05, 0.1) is 11.1 Å². The van der Waals surface area contributed by atoms with Crippen molar-refractivity contribution >= 4 is 21.7 Å². The molecule has 15 heavy (non-hydrogen) atoms. The highest BCUT2D eigenvalue weighted by Gasteiger charge is 2.01.